The van der Waals surface area contributed by atoms with Gasteiger partial charge in [0, 0.05) is 44.1 Å². The van der Waals surface area contributed by atoms with E-state index in [1.54, 1.807) is 28.8 Å². The van der Waals surface area contributed by atoms with Crippen LogP contribution in [0, 0.1) is 5.82 Å². The van der Waals surface area contributed by atoms with E-state index in [9.17, 15) is 28.7 Å². The molecule has 0 radical (unpaired) electrons. The minimum atomic E-state index is -0.674. The minimum Gasteiger partial charge on any atom is -0.508 e. The van der Waals surface area contributed by atoms with Gasteiger partial charge in [0.2, 0.25) is 0 Å². The summed E-state index contributed by atoms with van der Waals surface area (Å²) in [4.78, 5) is 39.1. The van der Waals surface area contributed by atoms with Gasteiger partial charge in [-0.05, 0) is 98.7 Å². The Hall–Kier alpha value is -5.18. The molecule has 3 aromatic heterocycles. The van der Waals surface area contributed by atoms with Gasteiger partial charge in [-0.3, -0.25) is 14.3 Å². The number of rotatable bonds is 10. The van der Waals surface area contributed by atoms with Crippen molar-refractivity contribution in [2.24, 2.45) is 0 Å². The van der Waals surface area contributed by atoms with Crippen LogP contribution in [0.25, 0.3) is 33.9 Å². The molecular formula is C38H40F2N8O4. The number of likely N-dealkylation sites (N-methyl/N-ethyl adjacent to an activating group) is 1. The van der Waals surface area contributed by atoms with Crippen molar-refractivity contribution < 1.29 is 19.1 Å². The van der Waals surface area contributed by atoms with Crippen molar-refractivity contribution >= 4 is 17.1 Å². The second-order valence-corrected chi connectivity index (χ2v) is 14.4. The average Bonchev–Trinajstić information content (AvgIpc) is 3.70. The molecule has 1 aliphatic heterocycles. The summed E-state index contributed by atoms with van der Waals surface area (Å²) in [6, 6.07) is 13.3. The summed E-state index contributed by atoms with van der Waals surface area (Å²) in [6.07, 6.45) is 9.84. The van der Waals surface area contributed by atoms with E-state index in [-0.39, 0.29) is 29.5 Å². The molecule has 8 rings (SSSR count). The second kappa shape index (κ2) is 13.4. The van der Waals surface area contributed by atoms with Crippen molar-refractivity contribution in [2.75, 3.05) is 13.6 Å². The molecule has 5 aromatic rings. The number of nitrogens with zero attached hydrogens (tertiary/aromatic N) is 7. The number of hydrogen-bond donors (Lipinski definition) is 3. The molecule has 0 spiro atoms. The normalized spacial score (nSPS) is 19.4. The number of aromatic nitrogens is 5. The largest absolute Gasteiger partial charge is 0.508 e. The van der Waals surface area contributed by atoms with Gasteiger partial charge in [0.1, 0.15) is 24.1 Å². The van der Waals surface area contributed by atoms with Crippen LogP contribution in [0.1, 0.15) is 61.6 Å². The number of fused-ring (bicyclic) bond motifs is 2. The summed E-state index contributed by atoms with van der Waals surface area (Å²) in [7, 11) is 1.93. The highest BCUT2D eigenvalue weighted by molar-refractivity contribution is 5.77. The number of imidazole rings is 1. The fraction of sp³-hybridized carbons (Fsp3) is 0.368. The van der Waals surface area contributed by atoms with Gasteiger partial charge in [-0.2, -0.15) is 5.12 Å². The lowest BCUT2D eigenvalue weighted by molar-refractivity contribution is 0.0492. The van der Waals surface area contributed by atoms with Crippen LogP contribution in [0.5, 0.6) is 5.75 Å². The van der Waals surface area contributed by atoms with Crippen molar-refractivity contribution in [1.29, 1.82) is 0 Å². The molecule has 0 saturated heterocycles. The van der Waals surface area contributed by atoms with Crippen LogP contribution in [0.3, 0.4) is 0 Å². The molecule has 52 heavy (non-hydrogen) atoms. The maximum Gasteiger partial charge on any atom is 0.337 e. The molecule has 2 aromatic carbocycles. The first-order valence-electron chi connectivity index (χ1n) is 17.6. The number of hydrogen-bond acceptors (Lipinski definition) is 9. The predicted octanol–water partition coefficient (Wildman–Crippen LogP) is 4.61. The van der Waals surface area contributed by atoms with Crippen molar-refractivity contribution in [1.82, 2.24) is 39.0 Å². The Labute approximate surface area is 297 Å². The Kier molecular flexibility index (Phi) is 8.76. The molecule has 0 bridgehead atoms. The van der Waals surface area contributed by atoms with E-state index in [2.05, 4.69) is 15.3 Å². The quantitative estimate of drug-likeness (QED) is 0.178. The van der Waals surface area contributed by atoms with Crippen molar-refractivity contribution in [3.05, 3.63) is 111 Å². The molecule has 0 atom stereocenters. The molecule has 3 aliphatic rings. The predicted molar refractivity (Wildman–Crippen MR) is 192 cm³/mol. The first kappa shape index (κ1) is 33.9. The fourth-order valence-electron chi connectivity index (χ4n) is 7.64. The summed E-state index contributed by atoms with van der Waals surface area (Å²) < 4.78 is 32.6. The van der Waals surface area contributed by atoms with Gasteiger partial charge in [-0.25, -0.2) is 23.7 Å². The van der Waals surface area contributed by atoms with E-state index in [0.29, 0.717) is 62.0 Å². The number of benzene rings is 2. The standard InChI is InChI=1S/C38H40F2N8O4/c1-44(22-38(52)12-13-38)20-25-16-31(49)9-10-32(25)24-3-2-4-30(15-24)47-35-33(17-26(39)18-42-35)36(50)48(37(47)51)29-7-5-27(6-8-29)41-19-28-21-45-23-46(40)14-11-34(45)43-28/h2-4,9-11,14-18,21,27,29,41,49,52H,5-8,12-13,19-20,22-23H2,1H3. The minimum absolute atomic E-state index is 0.0138. The lowest BCUT2D eigenvalue weighted by Gasteiger charge is -2.30. The topological polar surface area (TPSA) is 134 Å². The summed E-state index contributed by atoms with van der Waals surface area (Å²) in [5.74, 6) is 0.136. The van der Waals surface area contributed by atoms with E-state index in [0.717, 1.165) is 47.5 Å². The molecule has 2 aliphatic carbocycles. The second-order valence-electron chi connectivity index (χ2n) is 14.4. The van der Waals surface area contributed by atoms with Gasteiger partial charge in [0.05, 0.1) is 28.6 Å². The molecule has 12 nitrogen and oxygen atoms in total. The zero-order valence-corrected chi connectivity index (χ0v) is 28.8. The lowest BCUT2D eigenvalue weighted by atomic mass is 9.91. The molecule has 4 heterocycles. The van der Waals surface area contributed by atoms with E-state index < -0.39 is 28.7 Å². The number of pyridine rings is 1. The van der Waals surface area contributed by atoms with Gasteiger partial charge >= 0.3 is 5.69 Å². The lowest BCUT2D eigenvalue weighted by Crippen LogP contribution is -2.44. The van der Waals surface area contributed by atoms with Crippen LogP contribution < -0.4 is 16.6 Å². The average molecular weight is 711 g/mol. The first-order valence-corrected chi connectivity index (χ1v) is 17.6. The van der Waals surface area contributed by atoms with E-state index in [1.165, 1.54) is 15.3 Å². The third-order valence-electron chi connectivity index (χ3n) is 10.4. The van der Waals surface area contributed by atoms with Gasteiger partial charge in [-0.1, -0.05) is 22.7 Å². The van der Waals surface area contributed by atoms with Crippen molar-refractivity contribution in [2.45, 2.75) is 76.0 Å². The number of aromatic hydroxyl groups is 1. The van der Waals surface area contributed by atoms with Crippen LogP contribution in [0.15, 0.2) is 76.7 Å². The maximum atomic E-state index is 14.6. The number of nitrogens with one attached hydrogen (secondary N) is 1. The molecule has 0 unspecified atom stereocenters. The molecular weight excluding hydrogens is 670 g/mol. The maximum absolute atomic E-state index is 14.6. The van der Waals surface area contributed by atoms with Crippen LogP contribution in [-0.2, 0) is 19.8 Å². The van der Waals surface area contributed by atoms with Crippen LogP contribution >= 0.6 is 0 Å². The van der Waals surface area contributed by atoms with Gasteiger partial charge < -0.3 is 20.1 Å². The Morgan fingerprint density at radius 1 is 1.08 bits per heavy atom. The highest BCUT2D eigenvalue weighted by Crippen LogP contribution is 2.37. The monoisotopic (exact) mass is 710 g/mol. The third kappa shape index (κ3) is 6.76. The summed E-state index contributed by atoms with van der Waals surface area (Å²) in [6.45, 7) is 1.57. The fourth-order valence-corrected chi connectivity index (χ4v) is 7.64. The number of aliphatic hydroxyl groups is 1. The molecule has 3 N–H and O–H groups in total. The Bertz CT molecular complexity index is 2300. The smallest absolute Gasteiger partial charge is 0.337 e. The van der Waals surface area contributed by atoms with Crippen LogP contribution in [-0.4, -0.2) is 69.1 Å². The summed E-state index contributed by atoms with van der Waals surface area (Å²) in [5.41, 5.74) is 1.98. The van der Waals surface area contributed by atoms with Crippen molar-refractivity contribution in [3.63, 3.8) is 0 Å². The Morgan fingerprint density at radius 3 is 2.67 bits per heavy atom. The number of halogens is 2. The number of phenolic OH excluding ortho intramolecular Hbond substituents is 1. The van der Waals surface area contributed by atoms with Crippen LogP contribution in [0.4, 0.5) is 8.87 Å². The summed E-state index contributed by atoms with van der Waals surface area (Å²) in [5, 5.41) is 25.0. The molecule has 270 valence electrons. The van der Waals surface area contributed by atoms with Crippen molar-refractivity contribution in [3.8, 4) is 22.6 Å². The Morgan fingerprint density at radius 2 is 1.88 bits per heavy atom. The highest BCUT2D eigenvalue weighted by atomic mass is 19.2. The zero-order valence-electron chi connectivity index (χ0n) is 28.8. The zero-order chi connectivity index (χ0) is 36.1. The SMILES string of the molecule is CN(Cc1cc(O)ccc1-c1cccc(-n2c(=O)n(C3CCC(NCc4cn5c(n4)C=CN(F)C5)CC3)c(=O)c3cc(F)cnc32)c1)CC1(O)CC1. The molecule has 2 saturated carbocycles. The van der Waals surface area contributed by atoms with Crippen LogP contribution in [0.2, 0.25) is 0 Å². The first-order chi connectivity index (χ1) is 25.0. The molecule has 14 heteroatoms. The number of phenols is 1. The Balaban J connectivity index is 1.08. The highest BCUT2D eigenvalue weighted by Gasteiger charge is 2.41. The molecule has 0 amide bonds. The summed E-state index contributed by atoms with van der Waals surface area (Å²) >= 11 is 0. The van der Waals surface area contributed by atoms with Gasteiger partial charge in [0.25, 0.3) is 5.56 Å². The van der Waals surface area contributed by atoms with E-state index >= 15 is 0 Å². The van der Waals surface area contributed by atoms with Gasteiger partial charge in [0.15, 0.2) is 5.65 Å². The van der Waals surface area contributed by atoms with E-state index in [4.69, 9.17) is 0 Å². The molecule has 2 fully saturated rings. The van der Waals surface area contributed by atoms with Gasteiger partial charge in [-0.15, -0.1) is 0 Å². The third-order valence-corrected chi connectivity index (χ3v) is 10.4. The van der Waals surface area contributed by atoms with E-state index in [1.807, 2.05) is 42.4 Å².